The minimum atomic E-state index is -0.529. The molecule has 0 bridgehead atoms. The second kappa shape index (κ2) is 11.5. The van der Waals surface area contributed by atoms with E-state index in [4.69, 9.17) is 4.74 Å². The van der Waals surface area contributed by atoms with Crippen LogP contribution in [0.3, 0.4) is 0 Å². The molecule has 0 aliphatic carbocycles. The lowest BCUT2D eigenvalue weighted by Gasteiger charge is -2.40. The Balaban J connectivity index is 1.58. The van der Waals surface area contributed by atoms with Crippen molar-refractivity contribution in [2.24, 2.45) is 0 Å². The first-order chi connectivity index (χ1) is 17.0. The van der Waals surface area contributed by atoms with Crippen LogP contribution in [0.15, 0.2) is 65.9 Å². The van der Waals surface area contributed by atoms with Crippen LogP contribution < -0.4 is 5.32 Å². The van der Waals surface area contributed by atoms with E-state index in [0.717, 1.165) is 49.5 Å². The number of hydrogen-bond acceptors (Lipinski definition) is 5. The van der Waals surface area contributed by atoms with Gasteiger partial charge in [0.05, 0.1) is 18.2 Å². The molecule has 2 aliphatic rings. The topological polar surface area (TPSA) is 65.1 Å². The number of hydrogen-bond donors (Lipinski definition) is 1. The van der Waals surface area contributed by atoms with Gasteiger partial charge < -0.3 is 10.1 Å². The molecule has 2 aromatic carbocycles. The Hall–Kier alpha value is -3.16. The zero-order valence-corrected chi connectivity index (χ0v) is 21.0. The molecule has 0 unspecified atom stereocenters. The average molecular weight is 477 g/mol. The van der Waals surface area contributed by atoms with E-state index in [9.17, 15) is 9.59 Å². The molecule has 1 saturated heterocycles. The van der Waals surface area contributed by atoms with Gasteiger partial charge in [-0.25, -0.2) is 9.59 Å². The van der Waals surface area contributed by atoms with Gasteiger partial charge in [-0.1, -0.05) is 60.2 Å². The Morgan fingerprint density at radius 1 is 0.971 bits per heavy atom. The van der Waals surface area contributed by atoms with Crippen LogP contribution in [0.2, 0.25) is 0 Å². The van der Waals surface area contributed by atoms with Gasteiger partial charge in [-0.3, -0.25) is 14.7 Å². The van der Waals surface area contributed by atoms with Gasteiger partial charge >= 0.3 is 12.0 Å². The SMILES string of the molecule is CCOC(=O)C1=C(CN2CCN(Cc3ccccc3)CC2)N(CC)C(=O)N[C@@H]1c1cccc(C)c1. The first kappa shape index (κ1) is 24.9. The molecule has 4 rings (SSSR count). The Kier molecular flexibility index (Phi) is 8.21. The van der Waals surface area contributed by atoms with Crippen LogP contribution in [0.4, 0.5) is 4.79 Å². The summed E-state index contributed by atoms with van der Waals surface area (Å²) in [6, 6.07) is 17.8. The normalized spacial score (nSPS) is 19.6. The van der Waals surface area contributed by atoms with E-state index < -0.39 is 6.04 Å². The maximum absolute atomic E-state index is 13.3. The first-order valence-electron chi connectivity index (χ1n) is 12.5. The highest BCUT2D eigenvalue weighted by molar-refractivity contribution is 5.95. The number of nitrogens with one attached hydrogen (secondary N) is 1. The van der Waals surface area contributed by atoms with Crippen molar-refractivity contribution in [1.82, 2.24) is 20.0 Å². The van der Waals surface area contributed by atoms with Crippen molar-refractivity contribution in [3.05, 3.63) is 82.6 Å². The van der Waals surface area contributed by atoms with Crippen LogP contribution in [0.1, 0.15) is 36.6 Å². The van der Waals surface area contributed by atoms with Crippen LogP contribution in [0, 0.1) is 6.92 Å². The summed E-state index contributed by atoms with van der Waals surface area (Å²) in [4.78, 5) is 32.9. The molecule has 1 atom stereocenters. The highest BCUT2D eigenvalue weighted by atomic mass is 16.5. The van der Waals surface area contributed by atoms with Crippen molar-refractivity contribution in [2.45, 2.75) is 33.4 Å². The number of carbonyl (C=O) groups is 2. The van der Waals surface area contributed by atoms with E-state index in [1.54, 1.807) is 4.90 Å². The maximum atomic E-state index is 13.3. The smallest absolute Gasteiger partial charge is 0.338 e. The third kappa shape index (κ3) is 5.92. The zero-order chi connectivity index (χ0) is 24.8. The predicted molar refractivity (Wildman–Crippen MR) is 137 cm³/mol. The summed E-state index contributed by atoms with van der Waals surface area (Å²) in [6.45, 7) is 11.6. The van der Waals surface area contributed by atoms with Crippen molar-refractivity contribution >= 4 is 12.0 Å². The van der Waals surface area contributed by atoms with E-state index in [0.29, 0.717) is 18.7 Å². The van der Waals surface area contributed by atoms with E-state index in [1.165, 1.54) is 5.56 Å². The number of piperazine rings is 1. The number of urea groups is 1. The summed E-state index contributed by atoms with van der Waals surface area (Å²) in [5.41, 5.74) is 4.56. The monoisotopic (exact) mass is 476 g/mol. The number of aryl methyl sites for hydroxylation is 1. The zero-order valence-electron chi connectivity index (χ0n) is 21.0. The summed E-state index contributed by atoms with van der Waals surface area (Å²) >= 11 is 0. The van der Waals surface area contributed by atoms with Gasteiger partial charge in [-0.15, -0.1) is 0 Å². The average Bonchev–Trinajstić information content (AvgIpc) is 2.86. The molecular weight excluding hydrogens is 440 g/mol. The summed E-state index contributed by atoms with van der Waals surface area (Å²) in [6.07, 6.45) is 0. The number of amides is 2. The highest BCUT2D eigenvalue weighted by Crippen LogP contribution is 2.32. The lowest BCUT2D eigenvalue weighted by molar-refractivity contribution is -0.139. The number of benzene rings is 2. The Bertz CT molecular complexity index is 1060. The molecule has 2 heterocycles. The van der Waals surface area contributed by atoms with Crippen molar-refractivity contribution in [2.75, 3.05) is 45.9 Å². The molecular formula is C28H36N4O3. The molecule has 7 nitrogen and oxygen atoms in total. The van der Waals surface area contributed by atoms with Crippen LogP contribution in [0.5, 0.6) is 0 Å². The largest absolute Gasteiger partial charge is 0.463 e. The molecule has 186 valence electrons. The van der Waals surface area contributed by atoms with Crippen molar-refractivity contribution < 1.29 is 14.3 Å². The van der Waals surface area contributed by atoms with E-state index >= 15 is 0 Å². The van der Waals surface area contributed by atoms with Crippen molar-refractivity contribution in [3.8, 4) is 0 Å². The van der Waals surface area contributed by atoms with Gasteiger partial charge in [0.15, 0.2) is 0 Å². The van der Waals surface area contributed by atoms with E-state index in [1.807, 2.05) is 51.1 Å². The van der Waals surface area contributed by atoms with Crippen LogP contribution in [-0.4, -0.2) is 72.6 Å². The third-order valence-corrected chi connectivity index (χ3v) is 6.71. The molecule has 0 aromatic heterocycles. The van der Waals surface area contributed by atoms with Crippen LogP contribution >= 0.6 is 0 Å². The molecule has 35 heavy (non-hydrogen) atoms. The van der Waals surface area contributed by atoms with Gasteiger partial charge in [-0.05, 0) is 31.9 Å². The Morgan fingerprint density at radius 2 is 1.66 bits per heavy atom. The molecule has 0 spiro atoms. The summed E-state index contributed by atoms with van der Waals surface area (Å²) < 4.78 is 5.49. The van der Waals surface area contributed by atoms with Crippen LogP contribution in [0.25, 0.3) is 0 Å². The lowest BCUT2D eigenvalue weighted by Crippen LogP contribution is -2.53. The third-order valence-electron chi connectivity index (χ3n) is 6.71. The number of rotatable bonds is 8. The molecule has 2 aliphatic heterocycles. The lowest BCUT2D eigenvalue weighted by atomic mass is 9.93. The number of carbonyl (C=O) groups excluding carboxylic acids is 2. The van der Waals surface area contributed by atoms with Gasteiger partial charge in [0, 0.05) is 51.5 Å². The molecule has 7 heteroatoms. The predicted octanol–water partition coefficient (Wildman–Crippen LogP) is 3.72. The molecule has 2 amide bonds. The molecule has 2 aromatic rings. The maximum Gasteiger partial charge on any atom is 0.338 e. The quantitative estimate of drug-likeness (QED) is 0.589. The fourth-order valence-corrected chi connectivity index (χ4v) is 4.92. The standard InChI is InChI=1S/C28H36N4O3/c1-4-32-24(20-31-16-14-30(15-17-31)19-22-11-7-6-8-12-22)25(27(33)35-5-2)26(29-28(32)34)23-13-9-10-21(3)18-23/h6-13,18,26H,4-5,14-17,19-20H2,1-3H3,(H,29,34)/t26-/m1/s1. The van der Waals surface area contributed by atoms with Crippen molar-refractivity contribution in [3.63, 3.8) is 0 Å². The van der Waals surface area contributed by atoms with Gasteiger partial charge in [0.25, 0.3) is 0 Å². The Morgan fingerprint density at radius 3 is 2.29 bits per heavy atom. The summed E-state index contributed by atoms with van der Waals surface area (Å²) in [7, 11) is 0. The van der Waals surface area contributed by atoms with Crippen LogP contribution in [-0.2, 0) is 16.1 Å². The highest BCUT2D eigenvalue weighted by Gasteiger charge is 2.38. The molecule has 0 saturated carbocycles. The molecule has 0 radical (unpaired) electrons. The van der Waals surface area contributed by atoms with Crippen molar-refractivity contribution in [1.29, 1.82) is 0 Å². The molecule has 1 N–H and O–H groups in total. The first-order valence-corrected chi connectivity index (χ1v) is 12.5. The summed E-state index contributed by atoms with van der Waals surface area (Å²) in [5.74, 6) is -0.366. The minimum absolute atomic E-state index is 0.176. The van der Waals surface area contributed by atoms with Gasteiger partial charge in [0.1, 0.15) is 0 Å². The number of ether oxygens (including phenoxy) is 1. The van der Waals surface area contributed by atoms with E-state index in [2.05, 4.69) is 39.4 Å². The minimum Gasteiger partial charge on any atom is -0.463 e. The number of nitrogens with zero attached hydrogens (tertiary/aromatic N) is 3. The number of likely N-dealkylation sites (N-methyl/N-ethyl adjacent to an activating group) is 1. The Labute approximate surface area is 208 Å². The fourth-order valence-electron chi connectivity index (χ4n) is 4.92. The molecule has 1 fully saturated rings. The van der Waals surface area contributed by atoms with E-state index in [-0.39, 0.29) is 18.6 Å². The second-order valence-corrected chi connectivity index (χ2v) is 9.16. The van der Waals surface area contributed by atoms with Gasteiger partial charge in [-0.2, -0.15) is 0 Å². The second-order valence-electron chi connectivity index (χ2n) is 9.16. The van der Waals surface area contributed by atoms with Gasteiger partial charge in [0.2, 0.25) is 0 Å². The fraction of sp³-hybridized carbons (Fsp3) is 0.429. The summed E-state index contributed by atoms with van der Waals surface area (Å²) in [5, 5.41) is 3.05. The number of esters is 1.